The van der Waals surface area contributed by atoms with Crippen molar-refractivity contribution in [2.45, 2.75) is 66.2 Å². The van der Waals surface area contributed by atoms with E-state index in [1.807, 2.05) is 13.8 Å². The van der Waals surface area contributed by atoms with Crippen molar-refractivity contribution in [2.75, 3.05) is 0 Å². The van der Waals surface area contributed by atoms with Gasteiger partial charge in [-0.1, -0.05) is 27.7 Å². The summed E-state index contributed by atoms with van der Waals surface area (Å²) in [6.07, 6.45) is 5.58. The van der Waals surface area contributed by atoms with Gasteiger partial charge in [0.1, 0.15) is 11.6 Å². The van der Waals surface area contributed by atoms with Gasteiger partial charge in [0, 0.05) is 23.7 Å². The highest BCUT2D eigenvalue weighted by molar-refractivity contribution is 5.85. The minimum absolute atomic E-state index is 0.191. The minimum Gasteiger partial charge on any atom is -0.299 e. The Balaban J connectivity index is 2.46. The Morgan fingerprint density at radius 1 is 0.833 bits per heavy atom. The average molecular weight is 252 g/mol. The van der Waals surface area contributed by atoms with Gasteiger partial charge in [0.2, 0.25) is 0 Å². The summed E-state index contributed by atoms with van der Waals surface area (Å²) in [5.74, 6) is 1.68. The number of carbonyl (C=O) groups excluding carboxylic acids is 2. The Morgan fingerprint density at radius 3 is 1.33 bits per heavy atom. The zero-order valence-electron chi connectivity index (χ0n) is 12.4. The quantitative estimate of drug-likeness (QED) is 0.715. The van der Waals surface area contributed by atoms with Gasteiger partial charge in [-0.2, -0.15) is 0 Å². The maximum atomic E-state index is 12.1. The van der Waals surface area contributed by atoms with E-state index in [2.05, 4.69) is 13.8 Å². The summed E-state index contributed by atoms with van der Waals surface area (Å²) < 4.78 is 0. The van der Waals surface area contributed by atoms with Gasteiger partial charge in [-0.15, -0.1) is 0 Å². The fraction of sp³-hybridized carbons (Fsp3) is 0.875. The fourth-order valence-corrected chi connectivity index (χ4v) is 2.87. The number of rotatable bonds is 6. The van der Waals surface area contributed by atoms with Gasteiger partial charge >= 0.3 is 0 Å². The summed E-state index contributed by atoms with van der Waals surface area (Å²) in [7, 11) is 0. The monoisotopic (exact) mass is 252 g/mol. The molecule has 1 aliphatic carbocycles. The molecule has 18 heavy (non-hydrogen) atoms. The van der Waals surface area contributed by atoms with Gasteiger partial charge in [0.25, 0.3) is 0 Å². The zero-order chi connectivity index (χ0) is 13.7. The lowest BCUT2D eigenvalue weighted by atomic mass is 9.74. The maximum absolute atomic E-state index is 12.1. The molecule has 0 aromatic rings. The Labute approximate surface area is 112 Å². The van der Waals surface area contributed by atoms with Gasteiger partial charge in [0.05, 0.1) is 0 Å². The lowest BCUT2D eigenvalue weighted by Gasteiger charge is -2.29. The molecule has 1 fully saturated rings. The third kappa shape index (κ3) is 3.66. The Bertz CT molecular complexity index is 257. The van der Waals surface area contributed by atoms with Crippen molar-refractivity contribution in [1.82, 2.24) is 0 Å². The number of hydrogen-bond acceptors (Lipinski definition) is 2. The highest BCUT2D eigenvalue weighted by Gasteiger charge is 2.32. The third-order valence-corrected chi connectivity index (χ3v) is 4.73. The molecule has 1 rings (SSSR count). The van der Waals surface area contributed by atoms with E-state index in [0.717, 1.165) is 38.5 Å². The number of hydrogen-bond donors (Lipinski definition) is 0. The van der Waals surface area contributed by atoms with Crippen LogP contribution in [-0.4, -0.2) is 11.6 Å². The Kier molecular flexibility index (Phi) is 6.04. The Morgan fingerprint density at radius 2 is 1.11 bits per heavy atom. The second kappa shape index (κ2) is 7.06. The summed E-state index contributed by atoms with van der Waals surface area (Å²) in [6, 6.07) is 0. The van der Waals surface area contributed by atoms with E-state index in [4.69, 9.17) is 0 Å². The van der Waals surface area contributed by atoms with E-state index in [1.54, 1.807) is 0 Å². The largest absolute Gasteiger partial charge is 0.299 e. The predicted octanol–water partition coefficient (Wildman–Crippen LogP) is 4.02. The second-order valence-electron chi connectivity index (χ2n) is 5.97. The first-order chi connectivity index (χ1) is 8.51. The molecule has 0 aromatic heterocycles. The van der Waals surface area contributed by atoms with E-state index in [-0.39, 0.29) is 23.7 Å². The molecule has 0 aromatic carbocycles. The van der Waals surface area contributed by atoms with E-state index in [0.29, 0.717) is 11.6 Å². The fourth-order valence-electron chi connectivity index (χ4n) is 2.87. The van der Waals surface area contributed by atoms with Crippen molar-refractivity contribution in [2.24, 2.45) is 23.7 Å². The first-order valence-electron chi connectivity index (χ1n) is 7.58. The van der Waals surface area contributed by atoms with Crippen LogP contribution < -0.4 is 0 Å². The minimum atomic E-state index is 0.191. The van der Waals surface area contributed by atoms with Crippen LogP contribution in [0.1, 0.15) is 66.2 Å². The first-order valence-corrected chi connectivity index (χ1v) is 7.58. The van der Waals surface area contributed by atoms with Crippen molar-refractivity contribution in [3.63, 3.8) is 0 Å². The highest BCUT2D eigenvalue weighted by atomic mass is 16.1. The molecule has 0 saturated heterocycles. The normalized spacial score (nSPS) is 27.6. The van der Waals surface area contributed by atoms with Crippen LogP contribution in [0.15, 0.2) is 0 Å². The third-order valence-electron chi connectivity index (χ3n) is 4.73. The van der Waals surface area contributed by atoms with Crippen LogP contribution in [0.25, 0.3) is 0 Å². The lowest BCUT2D eigenvalue weighted by Crippen LogP contribution is -2.30. The summed E-state index contributed by atoms with van der Waals surface area (Å²) in [6.45, 7) is 8.19. The molecule has 2 heteroatoms. The lowest BCUT2D eigenvalue weighted by molar-refractivity contribution is -0.131. The van der Waals surface area contributed by atoms with Gasteiger partial charge in [0.15, 0.2) is 0 Å². The number of carbonyl (C=O) groups is 2. The molecule has 0 amide bonds. The van der Waals surface area contributed by atoms with Gasteiger partial charge < -0.3 is 0 Å². The number of Topliss-reactive ketones (excluding diaryl/α,β-unsaturated/α-hetero) is 2. The van der Waals surface area contributed by atoms with Gasteiger partial charge in [-0.25, -0.2) is 0 Å². The number of ketones is 2. The zero-order valence-corrected chi connectivity index (χ0v) is 12.4. The maximum Gasteiger partial charge on any atom is 0.138 e. The average Bonchev–Trinajstić information content (AvgIpc) is 2.44. The molecule has 1 aliphatic rings. The molecule has 0 radical (unpaired) electrons. The van der Waals surface area contributed by atoms with Gasteiger partial charge in [-0.3, -0.25) is 9.59 Å². The molecule has 0 N–H and O–H groups in total. The molecular formula is C16H28O2. The van der Waals surface area contributed by atoms with Crippen molar-refractivity contribution in [3.05, 3.63) is 0 Å². The molecule has 2 unspecified atom stereocenters. The SMILES string of the molecule is CCC(C)C(=O)C1CCC(C(=O)C(C)CC)CC1. The van der Waals surface area contributed by atoms with Crippen molar-refractivity contribution in [1.29, 1.82) is 0 Å². The van der Waals surface area contributed by atoms with E-state index >= 15 is 0 Å². The summed E-state index contributed by atoms with van der Waals surface area (Å²) in [5, 5.41) is 0. The van der Waals surface area contributed by atoms with Gasteiger partial charge in [-0.05, 0) is 38.5 Å². The molecule has 1 saturated carbocycles. The van der Waals surface area contributed by atoms with Crippen molar-refractivity contribution >= 4 is 11.6 Å². The van der Waals surface area contributed by atoms with E-state index in [1.165, 1.54) is 0 Å². The standard InChI is InChI=1S/C16H28O2/c1-5-11(3)15(17)13-7-9-14(10-8-13)16(18)12(4)6-2/h11-14H,5-10H2,1-4H3. The summed E-state index contributed by atoms with van der Waals surface area (Å²) in [5.41, 5.74) is 0. The van der Waals surface area contributed by atoms with Crippen LogP contribution in [-0.2, 0) is 9.59 Å². The molecule has 0 bridgehead atoms. The molecule has 2 nitrogen and oxygen atoms in total. The van der Waals surface area contributed by atoms with Crippen LogP contribution in [0.3, 0.4) is 0 Å². The second-order valence-corrected chi connectivity index (χ2v) is 5.97. The smallest absolute Gasteiger partial charge is 0.138 e. The van der Waals surface area contributed by atoms with E-state index < -0.39 is 0 Å². The first kappa shape index (κ1) is 15.4. The van der Waals surface area contributed by atoms with E-state index in [9.17, 15) is 9.59 Å². The van der Waals surface area contributed by atoms with Crippen LogP contribution >= 0.6 is 0 Å². The predicted molar refractivity (Wildman–Crippen MR) is 74.4 cm³/mol. The summed E-state index contributed by atoms with van der Waals surface area (Å²) >= 11 is 0. The van der Waals surface area contributed by atoms with Crippen LogP contribution in [0, 0.1) is 23.7 Å². The Hall–Kier alpha value is -0.660. The van der Waals surface area contributed by atoms with Crippen molar-refractivity contribution < 1.29 is 9.59 Å². The molecule has 104 valence electrons. The highest BCUT2D eigenvalue weighted by Crippen LogP contribution is 2.33. The van der Waals surface area contributed by atoms with Crippen LogP contribution in [0.4, 0.5) is 0 Å². The molecule has 0 aliphatic heterocycles. The molecular weight excluding hydrogens is 224 g/mol. The van der Waals surface area contributed by atoms with Crippen molar-refractivity contribution in [3.8, 4) is 0 Å². The molecule has 2 atom stereocenters. The molecule has 0 spiro atoms. The van der Waals surface area contributed by atoms with Crippen LogP contribution in [0.5, 0.6) is 0 Å². The van der Waals surface area contributed by atoms with Crippen LogP contribution in [0.2, 0.25) is 0 Å². The molecule has 0 heterocycles. The summed E-state index contributed by atoms with van der Waals surface area (Å²) in [4.78, 5) is 24.2. The topological polar surface area (TPSA) is 34.1 Å².